The Kier molecular flexibility index (Phi) is 4.04. The Labute approximate surface area is 140 Å². The summed E-state index contributed by atoms with van der Waals surface area (Å²) in [5.41, 5.74) is 2.67. The molecule has 0 amide bonds. The number of hydrogen-bond donors (Lipinski definition) is 0. The summed E-state index contributed by atoms with van der Waals surface area (Å²) in [6.45, 7) is 2.66. The molecule has 126 valence electrons. The van der Waals surface area contributed by atoms with Crippen molar-refractivity contribution in [1.29, 1.82) is 0 Å². The maximum absolute atomic E-state index is 11.7. The molecule has 0 saturated carbocycles. The average molecular weight is 346 g/mol. The van der Waals surface area contributed by atoms with Crippen LogP contribution in [0.2, 0.25) is 0 Å². The molecule has 3 rings (SSSR count). The first kappa shape index (κ1) is 16.4. The predicted molar refractivity (Wildman–Crippen MR) is 92.1 cm³/mol. The van der Waals surface area contributed by atoms with Crippen LogP contribution in [0.5, 0.6) is 0 Å². The lowest BCUT2D eigenvalue weighted by atomic mass is 9.93. The van der Waals surface area contributed by atoms with Gasteiger partial charge < -0.3 is 4.90 Å². The van der Waals surface area contributed by atoms with Crippen molar-refractivity contribution in [1.82, 2.24) is 0 Å². The summed E-state index contributed by atoms with van der Waals surface area (Å²) in [5.74, 6) is 0. The summed E-state index contributed by atoms with van der Waals surface area (Å²) in [5, 5.41) is 11.5. The third kappa shape index (κ3) is 2.87. The molecule has 0 bridgehead atoms. The van der Waals surface area contributed by atoms with Crippen molar-refractivity contribution in [2.24, 2.45) is 0 Å². The molecule has 1 unspecified atom stereocenters. The molecule has 2 aromatic carbocycles. The Morgan fingerprint density at radius 3 is 2.58 bits per heavy atom. The first-order chi connectivity index (χ1) is 11.3. The van der Waals surface area contributed by atoms with E-state index in [0.29, 0.717) is 12.2 Å². The number of benzene rings is 2. The second-order valence-electron chi connectivity index (χ2n) is 6.00. The third-order valence-electron chi connectivity index (χ3n) is 4.48. The number of fused-ring (bicyclic) bond motifs is 1. The molecule has 24 heavy (non-hydrogen) atoms. The van der Waals surface area contributed by atoms with Crippen LogP contribution in [0, 0.1) is 10.1 Å². The molecule has 0 fully saturated rings. The van der Waals surface area contributed by atoms with Crippen molar-refractivity contribution in [3.8, 4) is 0 Å². The van der Waals surface area contributed by atoms with Crippen molar-refractivity contribution in [2.45, 2.75) is 24.3 Å². The molecule has 7 heteroatoms. The van der Waals surface area contributed by atoms with Gasteiger partial charge in [-0.15, -0.1) is 0 Å². The molecule has 6 nitrogen and oxygen atoms in total. The van der Waals surface area contributed by atoms with Crippen molar-refractivity contribution in [3.63, 3.8) is 0 Å². The van der Waals surface area contributed by atoms with E-state index in [1.165, 1.54) is 11.6 Å². The number of nitrogens with zero attached hydrogens (tertiary/aromatic N) is 2. The first-order valence-electron chi connectivity index (χ1n) is 7.62. The van der Waals surface area contributed by atoms with E-state index in [9.17, 15) is 18.5 Å². The molecule has 0 aromatic heterocycles. The van der Waals surface area contributed by atoms with Gasteiger partial charge in [0.1, 0.15) is 5.69 Å². The Hall–Kier alpha value is -2.41. The zero-order valence-corrected chi connectivity index (χ0v) is 14.3. The highest BCUT2D eigenvalue weighted by Crippen LogP contribution is 2.38. The smallest absolute Gasteiger partial charge is 0.293 e. The molecule has 1 aliphatic heterocycles. The molecule has 0 N–H and O–H groups in total. The van der Waals surface area contributed by atoms with E-state index in [4.69, 9.17) is 0 Å². The molecule has 0 saturated heterocycles. The number of nitro benzene ring substituents is 1. The molecule has 1 atom stereocenters. The standard InChI is InChI=1S/C17H18N2O4S/c1-12-15-6-4-3-5-13(15)9-10-18(12)16-8-7-14(24(2,22)23)11-17(16)19(20)21/h3-8,11-12H,9-10H2,1-2H3. The Morgan fingerprint density at radius 1 is 1.21 bits per heavy atom. The van der Waals surface area contributed by atoms with Crippen LogP contribution in [0.3, 0.4) is 0 Å². The van der Waals surface area contributed by atoms with Crippen LogP contribution in [-0.2, 0) is 16.3 Å². The SMILES string of the molecule is CC1c2ccccc2CCN1c1ccc(S(C)(=O)=O)cc1[N+](=O)[O-]. The molecule has 1 aliphatic rings. The van der Waals surface area contributed by atoms with Gasteiger partial charge in [0.05, 0.1) is 15.9 Å². The number of rotatable bonds is 3. The van der Waals surface area contributed by atoms with Crippen LogP contribution in [0.15, 0.2) is 47.4 Å². The summed E-state index contributed by atoms with van der Waals surface area (Å²) >= 11 is 0. The van der Waals surface area contributed by atoms with Crippen molar-refractivity contribution < 1.29 is 13.3 Å². The molecular weight excluding hydrogens is 328 g/mol. The molecule has 0 radical (unpaired) electrons. The van der Waals surface area contributed by atoms with Crippen LogP contribution in [-0.4, -0.2) is 26.1 Å². The zero-order valence-electron chi connectivity index (χ0n) is 13.5. The van der Waals surface area contributed by atoms with Crippen LogP contribution in [0.4, 0.5) is 11.4 Å². The maximum Gasteiger partial charge on any atom is 0.293 e. The largest absolute Gasteiger partial charge is 0.359 e. The minimum atomic E-state index is -3.49. The van der Waals surface area contributed by atoms with Gasteiger partial charge in [-0.25, -0.2) is 8.42 Å². The van der Waals surface area contributed by atoms with Gasteiger partial charge in [0.25, 0.3) is 5.69 Å². The Morgan fingerprint density at radius 2 is 1.92 bits per heavy atom. The zero-order chi connectivity index (χ0) is 17.5. The van der Waals surface area contributed by atoms with Gasteiger partial charge >= 0.3 is 0 Å². The van der Waals surface area contributed by atoms with Gasteiger partial charge in [-0.3, -0.25) is 10.1 Å². The minimum absolute atomic E-state index is 0.0160. The van der Waals surface area contributed by atoms with Gasteiger partial charge in [-0.1, -0.05) is 24.3 Å². The van der Waals surface area contributed by atoms with Crippen molar-refractivity contribution >= 4 is 21.2 Å². The highest BCUT2D eigenvalue weighted by molar-refractivity contribution is 7.90. The molecule has 0 aliphatic carbocycles. The second-order valence-corrected chi connectivity index (χ2v) is 8.01. The molecule has 0 spiro atoms. The fourth-order valence-corrected chi connectivity index (χ4v) is 3.86. The number of anilines is 1. The summed E-state index contributed by atoms with van der Waals surface area (Å²) in [6.07, 6.45) is 1.84. The van der Waals surface area contributed by atoms with Gasteiger partial charge in [-0.2, -0.15) is 0 Å². The summed E-state index contributed by atoms with van der Waals surface area (Å²) < 4.78 is 23.4. The molecule has 1 heterocycles. The minimum Gasteiger partial charge on any atom is -0.359 e. The van der Waals surface area contributed by atoms with E-state index in [1.807, 2.05) is 30.0 Å². The topological polar surface area (TPSA) is 80.5 Å². The van der Waals surface area contributed by atoms with Crippen molar-refractivity contribution in [2.75, 3.05) is 17.7 Å². The van der Waals surface area contributed by atoms with Crippen LogP contribution in [0.25, 0.3) is 0 Å². The van der Waals surface area contributed by atoms with E-state index < -0.39 is 14.8 Å². The van der Waals surface area contributed by atoms with Gasteiger partial charge in [-0.05, 0) is 36.6 Å². The average Bonchev–Trinajstić information content (AvgIpc) is 2.54. The fourth-order valence-electron chi connectivity index (χ4n) is 3.22. The monoisotopic (exact) mass is 346 g/mol. The van der Waals surface area contributed by atoms with E-state index in [0.717, 1.165) is 24.3 Å². The summed E-state index contributed by atoms with van der Waals surface area (Å²) in [4.78, 5) is 12.9. The van der Waals surface area contributed by atoms with E-state index in [-0.39, 0.29) is 16.6 Å². The highest BCUT2D eigenvalue weighted by Gasteiger charge is 2.29. The number of hydrogen-bond acceptors (Lipinski definition) is 5. The van der Waals surface area contributed by atoms with E-state index >= 15 is 0 Å². The summed E-state index contributed by atoms with van der Waals surface area (Å²) in [7, 11) is -3.49. The third-order valence-corrected chi connectivity index (χ3v) is 5.59. The predicted octanol–water partition coefficient (Wildman–Crippen LogP) is 3.12. The van der Waals surface area contributed by atoms with E-state index in [2.05, 4.69) is 6.07 Å². The maximum atomic E-state index is 11.7. The van der Waals surface area contributed by atoms with E-state index in [1.54, 1.807) is 6.07 Å². The summed E-state index contributed by atoms with van der Waals surface area (Å²) in [6, 6.07) is 12.2. The Bertz CT molecular complexity index is 909. The van der Waals surface area contributed by atoms with Crippen LogP contribution >= 0.6 is 0 Å². The lowest BCUT2D eigenvalue weighted by Crippen LogP contribution is -2.34. The quantitative estimate of drug-likeness (QED) is 0.630. The van der Waals surface area contributed by atoms with Gasteiger partial charge in [0.2, 0.25) is 0 Å². The molecular formula is C17H18N2O4S. The fraction of sp³-hybridized carbons (Fsp3) is 0.294. The number of sulfone groups is 1. The second kappa shape index (κ2) is 5.90. The number of nitro groups is 1. The van der Waals surface area contributed by atoms with Crippen molar-refractivity contribution in [3.05, 3.63) is 63.7 Å². The van der Waals surface area contributed by atoms with Crippen LogP contribution in [0.1, 0.15) is 24.1 Å². The normalized spacial score (nSPS) is 17.4. The van der Waals surface area contributed by atoms with Crippen LogP contribution < -0.4 is 4.90 Å². The Balaban J connectivity index is 2.08. The van der Waals surface area contributed by atoms with Gasteiger partial charge in [0, 0.05) is 18.9 Å². The molecule has 2 aromatic rings. The van der Waals surface area contributed by atoms with Gasteiger partial charge in [0.15, 0.2) is 9.84 Å². The highest BCUT2D eigenvalue weighted by atomic mass is 32.2. The first-order valence-corrected chi connectivity index (χ1v) is 9.51. The lowest BCUT2D eigenvalue weighted by Gasteiger charge is -2.36. The lowest BCUT2D eigenvalue weighted by molar-refractivity contribution is -0.384.